The number of likely N-dealkylation sites (tertiary alicyclic amines) is 1. The smallest absolute Gasteiger partial charge is 0.127 e. The molecule has 0 bridgehead atoms. The number of benzene rings is 1. The van der Waals surface area contributed by atoms with Crippen molar-refractivity contribution in [1.82, 2.24) is 19.8 Å². The number of rotatable bonds is 4. The van der Waals surface area contributed by atoms with Crippen molar-refractivity contribution in [3.63, 3.8) is 0 Å². The highest BCUT2D eigenvalue weighted by molar-refractivity contribution is 5.76. The van der Waals surface area contributed by atoms with Crippen LogP contribution >= 0.6 is 0 Å². The predicted octanol–water partition coefficient (Wildman–Crippen LogP) is 4.60. The summed E-state index contributed by atoms with van der Waals surface area (Å²) in [5.74, 6) is 1.11. The van der Waals surface area contributed by atoms with Gasteiger partial charge in [-0.25, -0.2) is 4.98 Å². The van der Waals surface area contributed by atoms with Crippen LogP contribution in [0, 0.1) is 5.41 Å². The van der Waals surface area contributed by atoms with Gasteiger partial charge < -0.3 is 15.0 Å². The number of imidazole rings is 1. The molecular formula is C26H38N4O. The van der Waals surface area contributed by atoms with Crippen LogP contribution in [0.5, 0.6) is 0 Å². The van der Waals surface area contributed by atoms with Gasteiger partial charge >= 0.3 is 0 Å². The van der Waals surface area contributed by atoms with E-state index in [1.54, 1.807) is 11.1 Å². The molecule has 2 saturated heterocycles. The van der Waals surface area contributed by atoms with Gasteiger partial charge in [-0.2, -0.15) is 0 Å². The van der Waals surface area contributed by atoms with Gasteiger partial charge in [-0.15, -0.1) is 0 Å². The molecule has 5 rings (SSSR count). The Balaban J connectivity index is 1.35. The van der Waals surface area contributed by atoms with E-state index >= 15 is 0 Å². The van der Waals surface area contributed by atoms with Crippen LogP contribution in [0.3, 0.4) is 0 Å². The fourth-order valence-electron chi connectivity index (χ4n) is 6.19. The first kappa shape index (κ1) is 21.2. The lowest BCUT2D eigenvalue weighted by atomic mass is 9.72. The topological polar surface area (TPSA) is 53.3 Å². The van der Waals surface area contributed by atoms with Gasteiger partial charge in [0, 0.05) is 32.2 Å². The number of aliphatic hydroxyl groups excluding tert-OH is 1. The number of hydrogen-bond acceptors (Lipinski definition) is 4. The molecule has 0 radical (unpaired) electrons. The number of allylic oxidation sites excluding steroid dienone is 1. The van der Waals surface area contributed by atoms with Gasteiger partial charge in [0.25, 0.3) is 0 Å². The molecule has 0 saturated carbocycles. The molecule has 2 aliphatic heterocycles. The Bertz CT molecular complexity index is 967. The van der Waals surface area contributed by atoms with E-state index in [0.29, 0.717) is 18.0 Å². The van der Waals surface area contributed by atoms with Crippen LogP contribution in [0.1, 0.15) is 77.2 Å². The van der Waals surface area contributed by atoms with E-state index in [-0.39, 0.29) is 12.1 Å². The van der Waals surface area contributed by atoms with E-state index in [1.807, 2.05) is 0 Å². The largest absolute Gasteiger partial charge is 0.392 e. The molecule has 1 aliphatic carbocycles. The molecule has 3 heterocycles. The highest BCUT2D eigenvalue weighted by atomic mass is 16.3. The third kappa shape index (κ3) is 4.08. The molecule has 3 aliphatic rings. The van der Waals surface area contributed by atoms with Crippen LogP contribution in [0.25, 0.3) is 11.0 Å². The molecule has 2 aromatic rings. The first-order chi connectivity index (χ1) is 14.9. The zero-order valence-electron chi connectivity index (χ0n) is 19.4. The number of nitrogens with zero attached hydrogens (tertiary/aromatic N) is 3. The normalized spacial score (nSPS) is 28.0. The number of para-hydroxylation sites is 2. The molecular weight excluding hydrogens is 384 g/mol. The summed E-state index contributed by atoms with van der Waals surface area (Å²) < 4.78 is 2.50. The molecule has 2 N–H and O–H groups in total. The van der Waals surface area contributed by atoms with E-state index in [4.69, 9.17) is 4.98 Å². The number of nitrogens with one attached hydrogen (secondary N) is 1. The first-order valence-corrected chi connectivity index (χ1v) is 12.2. The minimum absolute atomic E-state index is 0.149. The number of aromatic nitrogens is 2. The lowest BCUT2D eigenvalue weighted by Crippen LogP contribution is -2.39. The number of fused-ring (bicyclic) bond motifs is 1. The van der Waals surface area contributed by atoms with Crippen molar-refractivity contribution in [2.75, 3.05) is 26.2 Å². The Kier molecular flexibility index (Phi) is 5.70. The first-order valence-electron chi connectivity index (χ1n) is 12.2. The second-order valence-electron chi connectivity index (χ2n) is 10.7. The van der Waals surface area contributed by atoms with Crippen molar-refractivity contribution in [1.29, 1.82) is 0 Å². The minimum atomic E-state index is -0.268. The van der Waals surface area contributed by atoms with Crippen LogP contribution in [-0.2, 0) is 0 Å². The van der Waals surface area contributed by atoms with Crippen LogP contribution in [0.2, 0.25) is 0 Å². The average Bonchev–Trinajstić information content (AvgIpc) is 3.34. The number of β-amino-alcohol motifs (C(OH)–C–C–N with tert-alkyl or cyclic N) is 1. The van der Waals surface area contributed by atoms with Gasteiger partial charge in [-0.05, 0) is 63.0 Å². The Labute approximate surface area is 186 Å². The van der Waals surface area contributed by atoms with Crippen LogP contribution in [0.15, 0.2) is 35.4 Å². The Hall–Kier alpha value is -1.69. The fraction of sp³-hybridized carbons (Fsp3) is 0.654. The second-order valence-corrected chi connectivity index (χ2v) is 10.7. The monoisotopic (exact) mass is 422 g/mol. The molecule has 1 aromatic heterocycles. The molecule has 2 fully saturated rings. The van der Waals surface area contributed by atoms with Crippen molar-refractivity contribution in [2.45, 2.75) is 77.5 Å². The summed E-state index contributed by atoms with van der Waals surface area (Å²) in [4.78, 5) is 7.69. The third-order valence-electron chi connectivity index (χ3n) is 8.03. The standard InChI is InChI=1S/C26H38N4O/c1-18-7-6-12-26(2,3)21(18)17-29-13-10-19(11-14-29)30-24-9-5-4-8-22(24)28-25(30)23-15-20(31)16-27-23/h4-5,8-9,19-20,23,27,31H,6-7,10-17H2,1-3H3. The fourth-order valence-corrected chi connectivity index (χ4v) is 6.19. The van der Waals surface area contributed by atoms with Gasteiger partial charge in [-0.1, -0.05) is 37.1 Å². The molecule has 0 spiro atoms. The van der Waals surface area contributed by atoms with Crippen molar-refractivity contribution in [3.8, 4) is 0 Å². The highest BCUT2D eigenvalue weighted by Crippen LogP contribution is 2.41. The molecule has 168 valence electrons. The Morgan fingerprint density at radius 2 is 1.97 bits per heavy atom. The lowest BCUT2D eigenvalue weighted by molar-refractivity contribution is 0.182. The average molecular weight is 423 g/mol. The molecule has 0 amide bonds. The van der Waals surface area contributed by atoms with Crippen LogP contribution in [0.4, 0.5) is 0 Å². The summed E-state index contributed by atoms with van der Waals surface area (Å²) in [6.45, 7) is 11.3. The van der Waals surface area contributed by atoms with Crippen molar-refractivity contribution in [3.05, 3.63) is 41.2 Å². The third-order valence-corrected chi connectivity index (χ3v) is 8.03. The van der Waals surface area contributed by atoms with Crippen molar-refractivity contribution >= 4 is 11.0 Å². The zero-order chi connectivity index (χ0) is 21.6. The maximum absolute atomic E-state index is 10.1. The summed E-state index contributed by atoms with van der Waals surface area (Å²) in [5, 5.41) is 13.6. The zero-order valence-corrected chi connectivity index (χ0v) is 19.4. The molecule has 31 heavy (non-hydrogen) atoms. The van der Waals surface area contributed by atoms with Gasteiger partial charge in [-0.3, -0.25) is 4.90 Å². The summed E-state index contributed by atoms with van der Waals surface area (Å²) in [5.41, 5.74) is 5.99. The highest BCUT2D eigenvalue weighted by Gasteiger charge is 2.33. The number of hydrogen-bond donors (Lipinski definition) is 2. The SMILES string of the molecule is CC1=C(CN2CCC(n3c(C4CC(O)CN4)nc4ccccc43)CC2)C(C)(C)CCC1. The van der Waals surface area contributed by atoms with Crippen molar-refractivity contribution in [2.24, 2.45) is 5.41 Å². The molecule has 2 atom stereocenters. The molecule has 2 unspecified atom stereocenters. The summed E-state index contributed by atoms with van der Waals surface area (Å²) in [6, 6.07) is 9.16. The van der Waals surface area contributed by atoms with E-state index in [1.165, 1.54) is 24.8 Å². The summed E-state index contributed by atoms with van der Waals surface area (Å²) >= 11 is 0. The predicted molar refractivity (Wildman–Crippen MR) is 126 cm³/mol. The van der Waals surface area contributed by atoms with E-state index in [9.17, 15) is 5.11 Å². The Morgan fingerprint density at radius 3 is 2.68 bits per heavy atom. The van der Waals surface area contributed by atoms with Gasteiger partial charge in [0.2, 0.25) is 0 Å². The molecule has 1 aromatic carbocycles. The Morgan fingerprint density at radius 1 is 1.19 bits per heavy atom. The van der Waals surface area contributed by atoms with E-state index < -0.39 is 0 Å². The van der Waals surface area contributed by atoms with Gasteiger partial charge in [0.05, 0.1) is 23.2 Å². The molecule has 5 nitrogen and oxygen atoms in total. The van der Waals surface area contributed by atoms with E-state index in [0.717, 1.165) is 50.2 Å². The number of piperidine rings is 1. The van der Waals surface area contributed by atoms with Gasteiger partial charge in [0.15, 0.2) is 0 Å². The van der Waals surface area contributed by atoms with Crippen molar-refractivity contribution < 1.29 is 5.11 Å². The van der Waals surface area contributed by atoms with Crippen LogP contribution < -0.4 is 5.32 Å². The van der Waals surface area contributed by atoms with Crippen LogP contribution in [-0.4, -0.2) is 51.8 Å². The molecule has 5 heteroatoms. The maximum atomic E-state index is 10.1. The maximum Gasteiger partial charge on any atom is 0.127 e. The quantitative estimate of drug-likeness (QED) is 0.708. The summed E-state index contributed by atoms with van der Waals surface area (Å²) in [7, 11) is 0. The summed E-state index contributed by atoms with van der Waals surface area (Å²) in [6.07, 6.45) is 6.75. The van der Waals surface area contributed by atoms with Gasteiger partial charge in [0.1, 0.15) is 5.82 Å². The lowest BCUT2D eigenvalue weighted by Gasteiger charge is -2.40. The second kappa shape index (κ2) is 8.34. The van der Waals surface area contributed by atoms with E-state index in [2.05, 4.69) is 59.8 Å². The minimum Gasteiger partial charge on any atom is -0.392 e. The number of aliphatic hydroxyl groups is 1.